The van der Waals surface area contributed by atoms with Crippen molar-refractivity contribution in [1.29, 1.82) is 0 Å². The van der Waals surface area contributed by atoms with Crippen molar-refractivity contribution in [3.05, 3.63) is 11.8 Å². The number of nitrogens with two attached hydrogens (primary N) is 2. The highest BCUT2D eigenvalue weighted by atomic mass is 14.6. The number of hydrogen-bond acceptors (Lipinski definition) is 2. The summed E-state index contributed by atoms with van der Waals surface area (Å²) in [6.07, 6.45) is 5.38. The highest BCUT2D eigenvalue weighted by molar-refractivity contribution is 5.01. The molecule has 0 saturated heterocycles. The van der Waals surface area contributed by atoms with E-state index in [4.69, 9.17) is 11.5 Å². The Labute approximate surface area is 88.7 Å². The van der Waals surface area contributed by atoms with Crippen molar-refractivity contribution in [2.75, 3.05) is 6.54 Å². The minimum absolute atomic E-state index is 0.332. The molecule has 14 heavy (non-hydrogen) atoms. The average molecular weight is 198 g/mol. The first-order valence-corrected chi connectivity index (χ1v) is 5.52. The Balaban J connectivity index is 3.97. The molecule has 1 unspecified atom stereocenters. The largest absolute Gasteiger partial charge is 0.402 e. The quantitative estimate of drug-likeness (QED) is 0.713. The van der Waals surface area contributed by atoms with Crippen LogP contribution in [0.3, 0.4) is 0 Å². The topological polar surface area (TPSA) is 52.0 Å². The lowest BCUT2D eigenvalue weighted by Gasteiger charge is -2.17. The minimum atomic E-state index is 0.332. The Bertz CT molecular complexity index is 177. The van der Waals surface area contributed by atoms with Gasteiger partial charge in [0.1, 0.15) is 0 Å². The molecule has 2 nitrogen and oxygen atoms in total. The lowest BCUT2D eigenvalue weighted by atomic mass is 9.90. The van der Waals surface area contributed by atoms with Gasteiger partial charge in [0.2, 0.25) is 0 Å². The van der Waals surface area contributed by atoms with Crippen molar-refractivity contribution in [2.24, 2.45) is 22.8 Å². The van der Waals surface area contributed by atoms with Crippen LogP contribution in [0.2, 0.25) is 0 Å². The summed E-state index contributed by atoms with van der Waals surface area (Å²) in [5.41, 5.74) is 12.8. The molecule has 0 saturated carbocycles. The van der Waals surface area contributed by atoms with Crippen LogP contribution in [0.15, 0.2) is 11.8 Å². The molecule has 1 atom stereocenters. The van der Waals surface area contributed by atoms with E-state index in [1.807, 2.05) is 0 Å². The van der Waals surface area contributed by atoms with Crippen LogP contribution in [0.4, 0.5) is 0 Å². The Hall–Kier alpha value is -0.500. The summed E-state index contributed by atoms with van der Waals surface area (Å²) in [5, 5.41) is 0. The molecule has 0 rings (SSSR count). The van der Waals surface area contributed by atoms with Gasteiger partial charge in [-0.15, -0.1) is 0 Å². The zero-order valence-electron chi connectivity index (χ0n) is 10.1. The Kier molecular flexibility index (Phi) is 5.86. The summed E-state index contributed by atoms with van der Waals surface area (Å²) in [6.45, 7) is 9.60. The maximum atomic E-state index is 5.99. The summed E-state index contributed by atoms with van der Waals surface area (Å²) in [4.78, 5) is 0. The van der Waals surface area contributed by atoms with Crippen molar-refractivity contribution in [3.8, 4) is 0 Å². The lowest BCUT2D eigenvalue weighted by Crippen LogP contribution is -2.12. The zero-order chi connectivity index (χ0) is 11.2. The smallest absolute Gasteiger partial charge is 0.00689 e. The highest BCUT2D eigenvalue weighted by Crippen LogP contribution is 2.21. The maximum absolute atomic E-state index is 5.99. The van der Waals surface area contributed by atoms with Gasteiger partial charge in [0, 0.05) is 5.70 Å². The maximum Gasteiger partial charge on any atom is 0.00689 e. The molecule has 0 aromatic heterocycles. The van der Waals surface area contributed by atoms with Crippen LogP contribution in [0.1, 0.15) is 47.0 Å². The Morgan fingerprint density at radius 3 is 2.36 bits per heavy atom. The number of allylic oxidation sites excluding steroid dienone is 2. The predicted molar refractivity (Wildman–Crippen MR) is 63.8 cm³/mol. The fraction of sp³-hybridized carbons (Fsp3) is 0.833. The minimum Gasteiger partial charge on any atom is -0.402 e. The van der Waals surface area contributed by atoms with Gasteiger partial charge in [0.05, 0.1) is 0 Å². The van der Waals surface area contributed by atoms with E-state index in [0.29, 0.717) is 11.3 Å². The second-order valence-electron chi connectivity index (χ2n) is 5.30. The van der Waals surface area contributed by atoms with E-state index in [0.717, 1.165) is 31.5 Å². The van der Waals surface area contributed by atoms with E-state index < -0.39 is 0 Å². The van der Waals surface area contributed by atoms with Crippen molar-refractivity contribution in [3.63, 3.8) is 0 Å². The van der Waals surface area contributed by atoms with Crippen LogP contribution in [-0.2, 0) is 0 Å². The SMILES string of the molecule is CC(CCCN)C(N)=CCC(C)(C)C. The van der Waals surface area contributed by atoms with Gasteiger partial charge in [-0.25, -0.2) is 0 Å². The molecule has 0 amide bonds. The van der Waals surface area contributed by atoms with Gasteiger partial charge in [-0.05, 0) is 37.1 Å². The van der Waals surface area contributed by atoms with Crippen LogP contribution < -0.4 is 11.5 Å². The fourth-order valence-electron chi connectivity index (χ4n) is 1.22. The molecule has 0 aliphatic carbocycles. The van der Waals surface area contributed by atoms with Crippen LogP contribution in [0.5, 0.6) is 0 Å². The zero-order valence-corrected chi connectivity index (χ0v) is 10.1. The van der Waals surface area contributed by atoms with E-state index in [-0.39, 0.29) is 0 Å². The number of hydrogen-bond donors (Lipinski definition) is 2. The summed E-state index contributed by atoms with van der Waals surface area (Å²) in [6, 6.07) is 0. The van der Waals surface area contributed by atoms with Gasteiger partial charge < -0.3 is 11.5 Å². The van der Waals surface area contributed by atoms with Crippen molar-refractivity contribution in [1.82, 2.24) is 0 Å². The summed E-state index contributed by atoms with van der Waals surface area (Å²) >= 11 is 0. The first kappa shape index (κ1) is 13.5. The highest BCUT2D eigenvalue weighted by Gasteiger charge is 2.10. The summed E-state index contributed by atoms with van der Waals surface area (Å²) in [7, 11) is 0. The third kappa shape index (κ3) is 6.96. The van der Waals surface area contributed by atoms with Crippen LogP contribution in [0.25, 0.3) is 0 Å². The standard InChI is InChI=1S/C12H26N2/c1-10(6-5-9-13)11(14)7-8-12(2,3)4/h7,10H,5-6,8-9,13-14H2,1-4H3. The molecular weight excluding hydrogens is 172 g/mol. The first-order chi connectivity index (χ1) is 6.37. The van der Waals surface area contributed by atoms with E-state index in [2.05, 4.69) is 33.8 Å². The lowest BCUT2D eigenvalue weighted by molar-refractivity contribution is 0.417. The second kappa shape index (κ2) is 6.07. The molecule has 0 spiro atoms. The Morgan fingerprint density at radius 1 is 1.36 bits per heavy atom. The second-order valence-corrected chi connectivity index (χ2v) is 5.30. The van der Waals surface area contributed by atoms with Gasteiger partial charge in [-0.3, -0.25) is 0 Å². The summed E-state index contributed by atoms with van der Waals surface area (Å²) < 4.78 is 0. The first-order valence-electron chi connectivity index (χ1n) is 5.52. The van der Waals surface area contributed by atoms with Crippen LogP contribution in [-0.4, -0.2) is 6.54 Å². The van der Waals surface area contributed by atoms with E-state index >= 15 is 0 Å². The molecule has 0 fully saturated rings. The molecule has 0 radical (unpaired) electrons. The van der Waals surface area contributed by atoms with E-state index in [9.17, 15) is 0 Å². The third-order valence-corrected chi connectivity index (χ3v) is 2.36. The molecule has 4 N–H and O–H groups in total. The Morgan fingerprint density at radius 2 is 1.93 bits per heavy atom. The van der Waals surface area contributed by atoms with Crippen molar-refractivity contribution in [2.45, 2.75) is 47.0 Å². The van der Waals surface area contributed by atoms with Crippen LogP contribution >= 0.6 is 0 Å². The van der Waals surface area contributed by atoms with Gasteiger partial charge in [0.25, 0.3) is 0 Å². The van der Waals surface area contributed by atoms with Crippen LogP contribution in [0, 0.1) is 11.3 Å². The molecule has 84 valence electrons. The molecule has 0 aromatic carbocycles. The molecular formula is C12H26N2. The number of rotatable bonds is 5. The molecule has 0 aliphatic heterocycles. The van der Waals surface area contributed by atoms with E-state index in [1.165, 1.54) is 0 Å². The monoisotopic (exact) mass is 198 g/mol. The average Bonchev–Trinajstić information content (AvgIpc) is 2.09. The molecule has 0 aromatic rings. The molecule has 2 heteroatoms. The van der Waals surface area contributed by atoms with Crippen molar-refractivity contribution < 1.29 is 0 Å². The molecule has 0 heterocycles. The molecule has 0 bridgehead atoms. The molecule has 0 aliphatic rings. The van der Waals surface area contributed by atoms with Gasteiger partial charge in [-0.2, -0.15) is 0 Å². The van der Waals surface area contributed by atoms with Gasteiger partial charge in [-0.1, -0.05) is 33.8 Å². The van der Waals surface area contributed by atoms with Gasteiger partial charge in [0.15, 0.2) is 0 Å². The predicted octanol–water partition coefficient (Wildman–Crippen LogP) is 2.64. The van der Waals surface area contributed by atoms with Crippen molar-refractivity contribution >= 4 is 0 Å². The summed E-state index contributed by atoms with van der Waals surface area (Å²) in [5.74, 6) is 0.473. The normalized spacial score (nSPS) is 15.6. The fourth-order valence-corrected chi connectivity index (χ4v) is 1.22. The van der Waals surface area contributed by atoms with Gasteiger partial charge >= 0.3 is 0 Å². The third-order valence-electron chi connectivity index (χ3n) is 2.36. The van der Waals surface area contributed by atoms with E-state index in [1.54, 1.807) is 0 Å².